The summed E-state index contributed by atoms with van der Waals surface area (Å²) in [5.41, 5.74) is 1.45. The van der Waals surface area contributed by atoms with E-state index in [0.717, 1.165) is 11.4 Å². The second-order valence-electron chi connectivity index (χ2n) is 6.27. The minimum absolute atomic E-state index is 0.0938. The van der Waals surface area contributed by atoms with E-state index in [1.165, 1.54) is 12.7 Å². The molecule has 4 nitrogen and oxygen atoms in total. The Morgan fingerprint density at radius 2 is 2.05 bits per heavy atom. The summed E-state index contributed by atoms with van der Waals surface area (Å²) in [5.74, 6) is -0.818. The molecule has 0 radical (unpaired) electrons. The van der Waals surface area contributed by atoms with Gasteiger partial charge >= 0.3 is 5.97 Å². The van der Waals surface area contributed by atoms with Gasteiger partial charge in [0.15, 0.2) is 0 Å². The highest BCUT2D eigenvalue weighted by molar-refractivity contribution is 6.30. The molecule has 0 fully saturated rings. The van der Waals surface area contributed by atoms with Gasteiger partial charge in [-0.3, -0.25) is 4.79 Å². The highest BCUT2D eigenvalue weighted by atomic mass is 35.5. The summed E-state index contributed by atoms with van der Waals surface area (Å²) < 4.78 is 4.47. The number of hydrogen-bond donors (Lipinski definition) is 2. The zero-order valence-corrected chi connectivity index (χ0v) is 14.9. The van der Waals surface area contributed by atoms with Crippen molar-refractivity contribution in [1.29, 1.82) is 0 Å². The van der Waals surface area contributed by atoms with E-state index in [1.807, 2.05) is 18.2 Å². The number of carbonyl (C=O) groups is 1. The second kappa shape index (κ2) is 10.6. The van der Waals surface area contributed by atoms with Gasteiger partial charge in [0.25, 0.3) is 0 Å². The first-order chi connectivity index (χ1) is 10.1. The SMILES string of the molecule is CC(Cc1cccc(Cl)c1)NC(C)(C)C.COCCC(=O)O. The molecule has 0 aliphatic carbocycles. The number of carboxylic acid groups (broad SMARTS) is 1. The van der Waals surface area contributed by atoms with Crippen LogP contribution in [0.5, 0.6) is 0 Å². The molecular formula is C17H28ClNO3. The summed E-state index contributed by atoms with van der Waals surface area (Å²) in [6.45, 7) is 9.05. The third-order valence-corrected chi connectivity index (χ3v) is 2.87. The third-order valence-electron chi connectivity index (χ3n) is 2.63. The Morgan fingerprint density at radius 1 is 1.41 bits per heavy atom. The fourth-order valence-corrected chi connectivity index (χ4v) is 2.21. The van der Waals surface area contributed by atoms with E-state index in [4.69, 9.17) is 16.7 Å². The summed E-state index contributed by atoms with van der Waals surface area (Å²) in [6.07, 6.45) is 1.11. The lowest BCUT2D eigenvalue weighted by Crippen LogP contribution is -2.43. The van der Waals surface area contributed by atoms with Crippen molar-refractivity contribution in [3.05, 3.63) is 34.9 Å². The summed E-state index contributed by atoms with van der Waals surface area (Å²) in [7, 11) is 1.48. The Kier molecular flexibility index (Phi) is 10.1. The molecule has 1 aromatic carbocycles. The Bertz CT molecular complexity index is 444. The molecule has 0 aromatic heterocycles. The van der Waals surface area contributed by atoms with Crippen LogP contribution in [0.15, 0.2) is 24.3 Å². The van der Waals surface area contributed by atoms with E-state index in [0.29, 0.717) is 12.6 Å². The Morgan fingerprint density at radius 3 is 2.45 bits per heavy atom. The van der Waals surface area contributed by atoms with Crippen molar-refractivity contribution < 1.29 is 14.6 Å². The second-order valence-corrected chi connectivity index (χ2v) is 6.70. The molecule has 0 bridgehead atoms. The van der Waals surface area contributed by atoms with Gasteiger partial charge in [0.05, 0.1) is 13.0 Å². The molecular weight excluding hydrogens is 302 g/mol. The first-order valence-corrected chi connectivity index (χ1v) is 7.74. The van der Waals surface area contributed by atoms with Gasteiger partial charge in [-0.25, -0.2) is 0 Å². The van der Waals surface area contributed by atoms with Crippen LogP contribution in [-0.4, -0.2) is 36.4 Å². The van der Waals surface area contributed by atoms with E-state index in [9.17, 15) is 4.79 Å². The summed E-state index contributed by atoms with van der Waals surface area (Å²) in [5, 5.41) is 12.3. The predicted molar refractivity (Wildman–Crippen MR) is 91.6 cm³/mol. The number of carboxylic acids is 1. The number of hydrogen-bond acceptors (Lipinski definition) is 3. The Balaban J connectivity index is 0.000000534. The molecule has 0 saturated carbocycles. The normalized spacial score (nSPS) is 12.3. The number of methoxy groups -OCH3 is 1. The van der Waals surface area contributed by atoms with Crippen molar-refractivity contribution in [2.45, 2.75) is 52.1 Å². The maximum absolute atomic E-state index is 9.68. The Hall–Kier alpha value is -1.10. The van der Waals surface area contributed by atoms with Gasteiger partial charge in [0.1, 0.15) is 0 Å². The zero-order chi connectivity index (χ0) is 17.2. The quantitative estimate of drug-likeness (QED) is 0.834. The third kappa shape index (κ3) is 12.6. The monoisotopic (exact) mass is 329 g/mol. The maximum Gasteiger partial charge on any atom is 0.305 e. The van der Waals surface area contributed by atoms with Crippen LogP contribution in [0.3, 0.4) is 0 Å². The van der Waals surface area contributed by atoms with Crippen LogP contribution in [0.2, 0.25) is 5.02 Å². The first kappa shape index (κ1) is 20.9. The van der Waals surface area contributed by atoms with Gasteiger partial charge in [-0.2, -0.15) is 0 Å². The van der Waals surface area contributed by atoms with Crippen LogP contribution < -0.4 is 5.32 Å². The molecule has 0 aliphatic rings. The highest BCUT2D eigenvalue weighted by Crippen LogP contribution is 2.13. The van der Waals surface area contributed by atoms with Gasteiger partial charge in [-0.15, -0.1) is 0 Å². The predicted octanol–water partition coefficient (Wildman–Crippen LogP) is 3.77. The van der Waals surface area contributed by atoms with Crippen molar-refractivity contribution in [3.8, 4) is 0 Å². The number of ether oxygens (including phenoxy) is 1. The van der Waals surface area contributed by atoms with Crippen molar-refractivity contribution in [3.63, 3.8) is 0 Å². The maximum atomic E-state index is 9.68. The molecule has 1 aromatic rings. The van der Waals surface area contributed by atoms with Crippen molar-refractivity contribution in [2.24, 2.45) is 0 Å². The molecule has 0 heterocycles. The van der Waals surface area contributed by atoms with Gasteiger partial charge < -0.3 is 15.2 Å². The molecule has 5 heteroatoms. The molecule has 22 heavy (non-hydrogen) atoms. The molecule has 1 atom stereocenters. The average molecular weight is 330 g/mol. The van der Waals surface area contributed by atoms with Crippen LogP contribution in [0.1, 0.15) is 39.7 Å². The standard InChI is InChI=1S/C13H20ClN.C4H8O3/c1-10(15-13(2,3)4)8-11-6-5-7-12(14)9-11;1-7-3-2-4(5)6/h5-7,9-10,15H,8H2,1-4H3;2-3H2,1H3,(H,5,6). The number of halogens is 1. The molecule has 0 aliphatic heterocycles. The number of benzene rings is 1. The molecule has 126 valence electrons. The van der Waals surface area contributed by atoms with Crippen molar-refractivity contribution in [2.75, 3.05) is 13.7 Å². The number of aliphatic carboxylic acids is 1. The van der Waals surface area contributed by atoms with Gasteiger partial charge in [0.2, 0.25) is 0 Å². The molecule has 0 spiro atoms. The van der Waals surface area contributed by atoms with Crippen LogP contribution in [0.25, 0.3) is 0 Å². The fraction of sp³-hybridized carbons (Fsp3) is 0.588. The van der Waals surface area contributed by atoms with Crippen molar-refractivity contribution >= 4 is 17.6 Å². The van der Waals surface area contributed by atoms with Crippen LogP contribution in [0.4, 0.5) is 0 Å². The number of rotatable bonds is 6. The van der Waals surface area contributed by atoms with Gasteiger partial charge in [-0.05, 0) is 51.8 Å². The minimum atomic E-state index is -0.818. The number of nitrogens with one attached hydrogen (secondary N) is 1. The minimum Gasteiger partial charge on any atom is -0.481 e. The van der Waals surface area contributed by atoms with Crippen molar-refractivity contribution in [1.82, 2.24) is 5.32 Å². The van der Waals surface area contributed by atoms with E-state index in [-0.39, 0.29) is 12.0 Å². The largest absolute Gasteiger partial charge is 0.481 e. The molecule has 0 amide bonds. The summed E-state index contributed by atoms with van der Waals surface area (Å²) in [6, 6.07) is 8.52. The summed E-state index contributed by atoms with van der Waals surface area (Å²) in [4.78, 5) is 9.68. The van der Waals surface area contributed by atoms with Gasteiger partial charge in [0, 0.05) is 23.7 Å². The van der Waals surface area contributed by atoms with E-state index in [1.54, 1.807) is 0 Å². The summed E-state index contributed by atoms with van der Waals surface area (Å²) >= 11 is 5.94. The van der Waals surface area contributed by atoms with Crippen LogP contribution in [0, 0.1) is 0 Å². The average Bonchev–Trinajstić information content (AvgIpc) is 2.34. The lowest BCUT2D eigenvalue weighted by atomic mass is 10.0. The van der Waals surface area contributed by atoms with Crippen LogP contribution >= 0.6 is 11.6 Å². The van der Waals surface area contributed by atoms with E-state index >= 15 is 0 Å². The molecule has 2 N–H and O–H groups in total. The molecule has 0 saturated heterocycles. The van der Waals surface area contributed by atoms with Gasteiger partial charge in [-0.1, -0.05) is 23.7 Å². The lowest BCUT2D eigenvalue weighted by Gasteiger charge is -2.26. The highest BCUT2D eigenvalue weighted by Gasteiger charge is 2.13. The first-order valence-electron chi connectivity index (χ1n) is 7.37. The topological polar surface area (TPSA) is 58.6 Å². The van der Waals surface area contributed by atoms with E-state index in [2.05, 4.69) is 43.8 Å². The van der Waals surface area contributed by atoms with Crippen LogP contribution in [-0.2, 0) is 16.0 Å². The lowest BCUT2D eigenvalue weighted by molar-refractivity contribution is -0.137. The van der Waals surface area contributed by atoms with E-state index < -0.39 is 5.97 Å². The molecule has 1 unspecified atom stereocenters. The smallest absolute Gasteiger partial charge is 0.305 e. The fourth-order valence-electron chi connectivity index (χ4n) is 2.00. The Labute approximate surface area is 138 Å². The molecule has 1 rings (SSSR count). The zero-order valence-electron chi connectivity index (χ0n) is 14.1.